The highest BCUT2D eigenvalue weighted by Crippen LogP contribution is 2.10. The van der Waals surface area contributed by atoms with Gasteiger partial charge >= 0.3 is 0 Å². The van der Waals surface area contributed by atoms with Crippen molar-refractivity contribution in [3.63, 3.8) is 0 Å². The van der Waals surface area contributed by atoms with E-state index in [0.29, 0.717) is 13.1 Å². The lowest BCUT2D eigenvalue weighted by atomic mass is 10.1. The normalized spacial score (nSPS) is 16.9. The first kappa shape index (κ1) is 25.6. The average molecular weight is 542 g/mol. The van der Waals surface area contributed by atoms with Crippen LogP contribution in [0.25, 0.3) is 5.69 Å². The molecule has 0 radical (unpaired) electrons. The first-order valence-corrected chi connectivity index (χ1v) is 10.7. The molecule has 1 unspecified atom stereocenters. The summed E-state index contributed by atoms with van der Waals surface area (Å²) in [6.07, 6.45) is 4.59. The van der Waals surface area contributed by atoms with Crippen molar-refractivity contribution < 1.29 is 9.84 Å². The van der Waals surface area contributed by atoms with Crippen LogP contribution in [-0.2, 0) is 11.2 Å². The molecule has 3 N–H and O–H groups in total. The quantitative estimate of drug-likeness (QED) is 0.254. The molecule has 1 aliphatic rings. The Bertz CT molecular complexity index is 774. The van der Waals surface area contributed by atoms with Gasteiger partial charge in [0, 0.05) is 45.1 Å². The SMILES string of the molecule is CCNC(=NCC(C)(O)CN1CCOCC1)NCCc1ccc(-n2cccn2)cc1.I. The molecule has 0 amide bonds. The maximum atomic E-state index is 10.7. The monoisotopic (exact) mass is 542 g/mol. The third kappa shape index (κ3) is 8.76. The highest BCUT2D eigenvalue weighted by Gasteiger charge is 2.25. The van der Waals surface area contributed by atoms with Crippen LogP contribution in [-0.4, -0.2) is 83.8 Å². The zero-order chi connectivity index (χ0) is 21.2. The molecule has 0 saturated carbocycles. The predicted molar refractivity (Wildman–Crippen MR) is 135 cm³/mol. The van der Waals surface area contributed by atoms with Crippen molar-refractivity contribution in [2.45, 2.75) is 25.9 Å². The average Bonchev–Trinajstić information content (AvgIpc) is 3.28. The number of aliphatic imine (C=N–C) groups is 1. The molecular weight excluding hydrogens is 507 g/mol. The van der Waals surface area contributed by atoms with Crippen molar-refractivity contribution in [2.24, 2.45) is 4.99 Å². The zero-order valence-corrected chi connectivity index (χ0v) is 20.8. The van der Waals surface area contributed by atoms with Crippen molar-refractivity contribution in [3.05, 3.63) is 48.3 Å². The van der Waals surface area contributed by atoms with Crippen molar-refractivity contribution in [1.82, 2.24) is 25.3 Å². The van der Waals surface area contributed by atoms with Gasteiger partial charge in [0.2, 0.25) is 0 Å². The minimum atomic E-state index is -0.873. The van der Waals surface area contributed by atoms with E-state index in [2.05, 4.69) is 49.9 Å². The Morgan fingerprint density at radius 3 is 2.61 bits per heavy atom. The lowest BCUT2D eigenvalue weighted by Crippen LogP contribution is -2.48. The van der Waals surface area contributed by atoms with E-state index in [9.17, 15) is 5.11 Å². The molecule has 31 heavy (non-hydrogen) atoms. The summed E-state index contributed by atoms with van der Waals surface area (Å²) in [6, 6.07) is 10.3. The molecule has 0 bridgehead atoms. The Morgan fingerprint density at radius 2 is 1.97 bits per heavy atom. The second-order valence-electron chi connectivity index (χ2n) is 7.87. The summed E-state index contributed by atoms with van der Waals surface area (Å²) >= 11 is 0. The summed E-state index contributed by atoms with van der Waals surface area (Å²) in [5.41, 5.74) is 1.42. The molecule has 8 nitrogen and oxygen atoms in total. The van der Waals surface area contributed by atoms with E-state index in [1.54, 1.807) is 6.20 Å². The first-order valence-electron chi connectivity index (χ1n) is 10.7. The molecule has 2 aromatic rings. The third-order valence-corrected chi connectivity index (χ3v) is 5.00. The van der Waals surface area contributed by atoms with Crippen LogP contribution in [0.1, 0.15) is 19.4 Å². The number of ether oxygens (including phenoxy) is 1. The van der Waals surface area contributed by atoms with Gasteiger partial charge in [-0.15, -0.1) is 24.0 Å². The van der Waals surface area contributed by atoms with Gasteiger partial charge in [0.25, 0.3) is 0 Å². The molecule has 1 saturated heterocycles. The Morgan fingerprint density at radius 1 is 1.23 bits per heavy atom. The molecule has 172 valence electrons. The Kier molecular flexibility index (Phi) is 10.7. The van der Waals surface area contributed by atoms with Gasteiger partial charge in [-0.05, 0) is 44.0 Å². The minimum Gasteiger partial charge on any atom is -0.387 e. The summed E-state index contributed by atoms with van der Waals surface area (Å²) in [4.78, 5) is 6.83. The molecule has 0 spiro atoms. The van der Waals surface area contributed by atoms with Gasteiger partial charge in [-0.1, -0.05) is 12.1 Å². The molecule has 1 aliphatic heterocycles. The maximum Gasteiger partial charge on any atom is 0.191 e. The van der Waals surface area contributed by atoms with Crippen molar-refractivity contribution in [3.8, 4) is 5.69 Å². The van der Waals surface area contributed by atoms with Gasteiger partial charge in [-0.2, -0.15) is 5.10 Å². The number of hydrogen-bond donors (Lipinski definition) is 3. The second-order valence-corrected chi connectivity index (χ2v) is 7.87. The van der Waals surface area contributed by atoms with Crippen LogP contribution in [0.2, 0.25) is 0 Å². The van der Waals surface area contributed by atoms with Crippen LogP contribution in [0.15, 0.2) is 47.7 Å². The van der Waals surface area contributed by atoms with Crippen LogP contribution in [0.4, 0.5) is 0 Å². The van der Waals surface area contributed by atoms with Crippen molar-refractivity contribution in [1.29, 1.82) is 0 Å². The van der Waals surface area contributed by atoms with Gasteiger partial charge in [-0.25, -0.2) is 4.68 Å². The first-order chi connectivity index (χ1) is 14.6. The number of rotatable bonds is 9. The number of aromatic nitrogens is 2. The smallest absolute Gasteiger partial charge is 0.191 e. The lowest BCUT2D eigenvalue weighted by Gasteiger charge is -2.33. The van der Waals surface area contributed by atoms with E-state index in [4.69, 9.17) is 4.74 Å². The van der Waals surface area contributed by atoms with Crippen LogP contribution >= 0.6 is 24.0 Å². The fraction of sp³-hybridized carbons (Fsp3) is 0.545. The van der Waals surface area contributed by atoms with Gasteiger partial charge in [-0.3, -0.25) is 9.89 Å². The highest BCUT2D eigenvalue weighted by molar-refractivity contribution is 14.0. The fourth-order valence-electron chi connectivity index (χ4n) is 3.44. The van der Waals surface area contributed by atoms with Gasteiger partial charge in [0.1, 0.15) is 0 Å². The van der Waals surface area contributed by atoms with E-state index in [1.165, 1.54) is 5.56 Å². The summed E-state index contributed by atoms with van der Waals surface area (Å²) < 4.78 is 7.22. The van der Waals surface area contributed by atoms with Crippen molar-refractivity contribution in [2.75, 3.05) is 52.5 Å². The highest BCUT2D eigenvalue weighted by atomic mass is 127. The van der Waals surface area contributed by atoms with Gasteiger partial charge in [0.05, 0.1) is 31.0 Å². The molecular formula is C22H35IN6O2. The largest absolute Gasteiger partial charge is 0.387 e. The predicted octanol–water partition coefficient (Wildman–Crippen LogP) is 1.67. The maximum absolute atomic E-state index is 10.7. The van der Waals surface area contributed by atoms with Crippen LogP contribution < -0.4 is 10.6 Å². The number of guanidine groups is 1. The molecule has 1 atom stereocenters. The molecule has 3 rings (SSSR count). The summed E-state index contributed by atoms with van der Waals surface area (Å²) in [5, 5.41) is 21.6. The number of morpholine rings is 1. The third-order valence-electron chi connectivity index (χ3n) is 5.00. The van der Waals surface area contributed by atoms with E-state index in [1.807, 2.05) is 30.8 Å². The van der Waals surface area contributed by atoms with Crippen LogP contribution in [0.3, 0.4) is 0 Å². The lowest BCUT2D eigenvalue weighted by molar-refractivity contribution is -0.0179. The molecule has 1 aromatic carbocycles. The number of nitrogens with one attached hydrogen (secondary N) is 2. The number of nitrogens with zero attached hydrogens (tertiary/aromatic N) is 4. The molecule has 9 heteroatoms. The minimum absolute atomic E-state index is 0. The van der Waals surface area contributed by atoms with Crippen molar-refractivity contribution >= 4 is 29.9 Å². The summed E-state index contributed by atoms with van der Waals surface area (Å²) in [6.45, 7) is 9.54. The second kappa shape index (κ2) is 13.0. The Balaban J connectivity index is 0.00000341. The van der Waals surface area contributed by atoms with Crippen LogP contribution in [0, 0.1) is 0 Å². The van der Waals surface area contributed by atoms with E-state index < -0.39 is 5.60 Å². The molecule has 1 fully saturated rings. The number of halogens is 1. The summed E-state index contributed by atoms with van der Waals surface area (Å²) in [5.74, 6) is 0.730. The fourth-order valence-corrected chi connectivity index (χ4v) is 3.44. The Hall–Kier alpha value is -1.69. The van der Waals surface area contributed by atoms with Crippen LogP contribution in [0.5, 0.6) is 0 Å². The van der Waals surface area contributed by atoms with E-state index in [0.717, 1.165) is 57.5 Å². The summed E-state index contributed by atoms with van der Waals surface area (Å²) in [7, 11) is 0. The number of β-amino-alcohol motifs (C(OH)–C–C–N with tert-alkyl or cyclic N) is 1. The topological polar surface area (TPSA) is 86.9 Å². The standard InChI is InChI=1S/C22H34N6O2.HI/c1-3-23-21(25-17-22(2,29)18-27-13-15-30-16-14-27)24-11-9-19-5-7-20(8-6-19)28-12-4-10-26-28;/h4-8,10,12,29H,3,9,11,13-18H2,1-2H3,(H2,23,24,25);1H. The van der Waals surface area contributed by atoms with E-state index >= 15 is 0 Å². The zero-order valence-electron chi connectivity index (χ0n) is 18.5. The molecule has 2 heterocycles. The molecule has 1 aromatic heterocycles. The number of benzene rings is 1. The van der Waals surface area contributed by atoms with Gasteiger partial charge < -0.3 is 20.5 Å². The molecule has 0 aliphatic carbocycles. The van der Waals surface area contributed by atoms with E-state index in [-0.39, 0.29) is 24.0 Å². The number of aliphatic hydroxyl groups is 1. The van der Waals surface area contributed by atoms with Gasteiger partial charge in [0.15, 0.2) is 5.96 Å². The Labute approximate surface area is 202 Å². The number of hydrogen-bond acceptors (Lipinski definition) is 5.